The van der Waals surface area contributed by atoms with Crippen molar-refractivity contribution in [2.24, 2.45) is 5.92 Å². The van der Waals surface area contributed by atoms with E-state index in [4.69, 9.17) is 11.6 Å². The fourth-order valence-electron chi connectivity index (χ4n) is 3.29. The van der Waals surface area contributed by atoms with E-state index in [2.05, 4.69) is 5.32 Å². The molecule has 0 radical (unpaired) electrons. The smallest absolute Gasteiger partial charge is 0.253 e. The molecule has 0 bridgehead atoms. The summed E-state index contributed by atoms with van der Waals surface area (Å²) in [4.78, 5) is 27.1. The van der Waals surface area contributed by atoms with Crippen LogP contribution in [0.3, 0.4) is 0 Å². The summed E-state index contributed by atoms with van der Waals surface area (Å²) in [5, 5.41) is 3.41. The van der Waals surface area contributed by atoms with Crippen LogP contribution >= 0.6 is 11.6 Å². The number of sulfonamides is 1. The average molecular weight is 450 g/mol. The second-order valence-electron chi connectivity index (χ2n) is 7.37. The topological polar surface area (TPSA) is 86.8 Å². The van der Waals surface area contributed by atoms with Gasteiger partial charge in [0.15, 0.2) is 0 Å². The van der Waals surface area contributed by atoms with Crippen molar-refractivity contribution >= 4 is 39.1 Å². The number of halogens is 1. The van der Waals surface area contributed by atoms with Crippen molar-refractivity contribution in [1.82, 2.24) is 9.21 Å². The van der Waals surface area contributed by atoms with E-state index in [9.17, 15) is 18.0 Å². The van der Waals surface area contributed by atoms with Gasteiger partial charge in [0.25, 0.3) is 5.91 Å². The molecule has 7 nitrogen and oxygen atoms in total. The monoisotopic (exact) mass is 449 g/mol. The molecule has 3 rings (SSSR count). The number of amides is 2. The third kappa shape index (κ3) is 5.00. The molecule has 9 heteroatoms. The molecule has 0 spiro atoms. The standard InChI is InChI=1S/C21H24ClN3O4S/c1-24(2)30(28,29)19-9-7-18(8-10-19)23-20(26)15-11-13-25(14-12-15)21(27)16-3-5-17(22)6-4-16/h3-10,15H,11-14H2,1-2H3,(H,23,26). The number of likely N-dealkylation sites (tertiary alicyclic amines) is 1. The Morgan fingerprint density at radius 1 is 1.00 bits per heavy atom. The molecule has 30 heavy (non-hydrogen) atoms. The Kier molecular flexibility index (Phi) is 6.80. The number of carbonyl (C=O) groups excluding carboxylic acids is 2. The lowest BCUT2D eigenvalue weighted by Gasteiger charge is -2.31. The van der Waals surface area contributed by atoms with Crippen LogP contribution in [0.15, 0.2) is 53.4 Å². The Hall–Kier alpha value is -2.42. The summed E-state index contributed by atoms with van der Waals surface area (Å²) in [6, 6.07) is 12.9. The van der Waals surface area contributed by atoms with Crippen molar-refractivity contribution in [3.05, 3.63) is 59.1 Å². The van der Waals surface area contributed by atoms with Gasteiger partial charge in [-0.3, -0.25) is 9.59 Å². The summed E-state index contributed by atoms with van der Waals surface area (Å²) < 4.78 is 25.4. The fraction of sp³-hybridized carbons (Fsp3) is 0.333. The van der Waals surface area contributed by atoms with Crippen molar-refractivity contribution in [1.29, 1.82) is 0 Å². The molecule has 2 amide bonds. The van der Waals surface area contributed by atoms with Crippen LogP contribution < -0.4 is 5.32 Å². The predicted octanol–water partition coefficient (Wildman–Crippen LogP) is 3.08. The second kappa shape index (κ2) is 9.16. The first-order valence-electron chi connectivity index (χ1n) is 9.57. The van der Waals surface area contributed by atoms with Crippen LogP contribution in [0.1, 0.15) is 23.2 Å². The SMILES string of the molecule is CN(C)S(=O)(=O)c1ccc(NC(=O)C2CCN(C(=O)c3ccc(Cl)cc3)CC2)cc1. The summed E-state index contributed by atoms with van der Waals surface area (Å²) in [6.45, 7) is 0.999. The second-order valence-corrected chi connectivity index (χ2v) is 9.96. The van der Waals surface area contributed by atoms with Gasteiger partial charge in [-0.15, -0.1) is 0 Å². The van der Waals surface area contributed by atoms with Crippen molar-refractivity contribution < 1.29 is 18.0 Å². The van der Waals surface area contributed by atoms with Gasteiger partial charge < -0.3 is 10.2 Å². The fourth-order valence-corrected chi connectivity index (χ4v) is 4.31. The van der Waals surface area contributed by atoms with E-state index in [0.717, 1.165) is 4.31 Å². The molecule has 1 N–H and O–H groups in total. The van der Waals surface area contributed by atoms with Gasteiger partial charge in [-0.25, -0.2) is 12.7 Å². The van der Waals surface area contributed by atoms with E-state index in [1.54, 1.807) is 41.3 Å². The number of benzene rings is 2. The van der Waals surface area contributed by atoms with E-state index < -0.39 is 10.0 Å². The van der Waals surface area contributed by atoms with Crippen molar-refractivity contribution in [3.8, 4) is 0 Å². The Labute approximate surface area is 181 Å². The largest absolute Gasteiger partial charge is 0.339 e. The van der Waals surface area contributed by atoms with Gasteiger partial charge in [-0.1, -0.05) is 11.6 Å². The molecule has 2 aromatic rings. The number of carbonyl (C=O) groups is 2. The number of hydrogen-bond acceptors (Lipinski definition) is 4. The van der Waals surface area contributed by atoms with Crippen molar-refractivity contribution in [3.63, 3.8) is 0 Å². The van der Waals surface area contributed by atoms with Crippen LogP contribution in [0.25, 0.3) is 0 Å². The summed E-state index contributed by atoms with van der Waals surface area (Å²) in [7, 11) is -0.572. The molecule has 2 aromatic carbocycles. The lowest BCUT2D eigenvalue weighted by atomic mass is 9.95. The third-order valence-corrected chi connectivity index (χ3v) is 7.23. The van der Waals surface area contributed by atoms with Gasteiger partial charge in [0.2, 0.25) is 15.9 Å². The molecule has 1 fully saturated rings. The number of rotatable bonds is 5. The zero-order valence-electron chi connectivity index (χ0n) is 16.8. The molecule has 1 saturated heterocycles. The minimum Gasteiger partial charge on any atom is -0.339 e. The number of nitrogens with zero attached hydrogens (tertiary/aromatic N) is 2. The number of piperidine rings is 1. The first-order valence-corrected chi connectivity index (χ1v) is 11.4. The molecule has 0 unspecified atom stereocenters. The zero-order valence-corrected chi connectivity index (χ0v) is 18.4. The van der Waals surface area contributed by atoms with Gasteiger partial charge in [0.05, 0.1) is 4.90 Å². The van der Waals surface area contributed by atoms with Crippen molar-refractivity contribution in [2.75, 3.05) is 32.5 Å². The van der Waals surface area contributed by atoms with Crippen molar-refractivity contribution in [2.45, 2.75) is 17.7 Å². The Morgan fingerprint density at radius 2 is 1.57 bits per heavy atom. The van der Waals surface area contributed by atoms with Gasteiger partial charge in [0.1, 0.15) is 0 Å². The minimum absolute atomic E-state index is 0.0665. The molecular formula is C21H24ClN3O4S. The summed E-state index contributed by atoms with van der Waals surface area (Å²) in [6.07, 6.45) is 1.14. The molecule has 1 heterocycles. The van der Waals surface area contributed by atoms with E-state index in [0.29, 0.717) is 42.2 Å². The summed E-state index contributed by atoms with van der Waals surface area (Å²) in [5.74, 6) is -0.399. The van der Waals surface area contributed by atoms with Crippen LogP contribution in [-0.2, 0) is 14.8 Å². The maximum absolute atomic E-state index is 12.6. The zero-order chi connectivity index (χ0) is 21.9. The molecule has 0 aliphatic carbocycles. The van der Waals surface area contributed by atoms with E-state index in [-0.39, 0.29) is 22.6 Å². The Bertz CT molecular complexity index is 1010. The highest BCUT2D eigenvalue weighted by atomic mass is 35.5. The molecule has 0 atom stereocenters. The number of nitrogens with one attached hydrogen (secondary N) is 1. The summed E-state index contributed by atoms with van der Waals surface area (Å²) in [5.41, 5.74) is 1.12. The van der Waals surface area contributed by atoms with Crippen LogP contribution in [-0.4, -0.2) is 56.6 Å². The lowest BCUT2D eigenvalue weighted by molar-refractivity contribution is -0.121. The van der Waals surface area contributed by atoms with Gasteiger partial charge >= 0.3 is 0 Å². The molecule has 0 saturated carbocycles. The highest BCUT2D eigenvalue weighted by Gasteiger charge is 2.28. The molecule has 160 valence electrons. The number of anilines is 1. The highest BCUT2D eigenvalue weighted by Crippen LogP contribution is 2.22. The first kappa shape index (κ1) is 22.3. The van der Waals surface area contributed by atoms with E-state index in [1.165, 1.54) is 26.2 Å². The molecule has 1 aliphatic rings. The maximum Gasteiger partial charge on any atom is 0.253 e. The molecule has 1 aliphatic heterocycles. The van der Waals surface area contributed by atoms with Crippen LogP contribution in [0.4, 0.5) is 5.69 Å². The van der Waals surface area contributed by atoms with Crippen LogP contribution in [0.5, 0.6) is 0 Å². The van der Waals surface area contributed by atoms with Gasteiger partial charge in [0, 0.05) is 49.4 Å². The minimum atomic E-state index is -3.51. The number of hydrogen-bond donors (Lipinski definition) is 1. The highest BCUT2D eigenvalue weighted by molar-refractivity contribution is 7.89. The molecule has 0 aromatic heterocycles. The molecular weight excluding hydrogens is 426 g/mol. The van der Waals surface area contributed by atoms with Crippen LogP contribution in [0.2, 0.25) is 5.02 Å². The predicted molar refractivity (Wildman–Crippen MR) is 116 cm³/mol. The van der Waals surface area contributed by atoms with Gasteiger partial charge in [-0.05, 0) is 61.4 Å². The van der Waals surface area contributed by atoms with Crippen LogP contribution in [0, 0.1) is 5.92 Å². The van der Waals surface area contributed by atoms with E-state index in [1.807, 2.05) is 0 Å². The normalized spacial score (nSPS) is 15.3. The first-order chi connectivity index (χ1) is 14.2. The van der Waals surface area contributed by atoms with Gasteiger partial charge in [-0.2, -0.15) is 0 Å². The Balaban J connectivity index is 1.55. The third-order valence-electron chi connectivity index (χ3n) is 5.14. The lowest BCUT2D eigenvalue weighted by Crippen LogP contribution is -2.41. The average Bonchev–Trinajstić information content (AvgIpc) is 2.74. The van der Waals surface area contributed by atoms with E-state index >= 15 is 0 Å². The quantitative estimate of drug-likeness (QED) is 0.759. The summed E-state index contributed by atoms with van der Waals surface area (Å²) >= 11 is 5.87. The maximum atomic E-state index is 12.6. The Morgan fingerprint density at radius 3 is 2.10 bits per heavy atom.